The molecule has 0 bridgehead atoms. The Morgan fingerprint density at radius 1 is 1.09 bits per heavy atom. The first-order chi connectivity index (χ1) is 10.4. The van der Waals surface area contributed by atoms with E-state index in [1.54, 1.807) is 31.2 Å². The van der Waals surface area contributed by atoms with Gasteiger partial charge in [0.05, 0.1) is 5.75 Å². The van der Waals surface area contributed by atoms with Crippen molar-refractivity contribution in [1.82, 2.24) is 5.06 Å². The van der Waals surface area contributed by atoms with Gasteiger partial charge in [0.15, 0.2) is 12.5 Å². The molecule has 0 saturated heterocycles. The summed E-state index contributed by atoms with van der Waals surface area (Å²) >= 11 is 0. The van der Waals surface area contributed by atoms with Crippen molar-refractivity contribution >= 4 is 20.9 Å². The van der Waals surface area contributed by atoms with Crippen LogP contribution in [0.4, 0.5) is 0 Å². The van der Waals surface area contributed by atoms with Gasteiger partial charge >= 0.3 is 0 Å². The van der Waals surface area contributed by atoms with Crippen LogP contribution in [0.3, 0.4) is 0 Å². The second-order valence-corrected chi connectivity index (χ2v) is 6.91. The molecule has 1 heterocycles. The van der Waals surface area contributed by atoms with Crippen molar-refractivity contribution in [2.45, 2.75) is 25.8 Å². The fraction of sp³-hybridized carbons (Fsp3) is 0.333. The number of hydrogen-bond acceptors (Lipinski definition) is 6. The lowest BCUT2D eigenvalue weighted by Gasteiger charge is -2.35. The highest BCUT2D eigenvalue weighted by molar-refractivity contribution is 7.86. The van der Waals surface area contributed by atoms with E-state index in [0.29, 0.717) is 17.5 Å². The highest BCUT2D eigenvalue weighted by atomic mass is 32.2. The minimum Gasteiger partial charge on any atom is -0.372 e. The van der Waals surface area contributed by atoms with Gasteiger partial charge in [-0.1, -0.05) is 43.3 Å². The zero-order valence-corrected chi connectivity index (χ0v) is 12.8. The quantitative estimate of drug-likeness (QED) is 0.892. The maximum absolute atomic E-state index is 11.9. The van der Waals surface area contributed by atoms with Crippen LogP contribution in [-0.4, -0.2) is 29.4 Å². The van der Waals surface area contributed by atoms with Gasteiger partial charge in [0.25, 0.3) is 10.1 Å². The Hall–Kier alpha value is -1.51. The van der Waals surface area contributed by atoms with Crippen LogP contribution in [0.5, 0.6) is 0 Å². The van der Waals surface area contributed by atoms with Crippen molar-refractivity contribution in [3.63, 3.8) is 0 Å². The Labute approximate surface area is 128 Å². The molecule has 6 nitrogen and oxygen atoms in total. The van der Waals surface area contributed by atoms with E-state index in [9.17, 15) is 18.6 Å². The maximum Gasteiger partial charge on any atom is 0.283 e. The Morgan fingerprint density at radius 2 is 1.64 bits per heavy atom. The van der Waals surface area contributed by atoms with Gasteiger partial charge in [-0.15, -0.1) is 5.06 Å². The summed E-state index contributed by atoms with van der Waals surface area (Å²) in [6.07, 6.45) is -2.34. The molecule has 7 heteroatoms. The highest BCUT2D eigenvalue weighted by Crippen LogP contribution is 2.41. The lowest BCUT2D eigenvalue weighted by Crippen LogP contribution is -2.38. The third-order valence-electron chi connectivity index (χ3n) is 3.66. The molecule has 2 aromatic carbocycles. The second-order valence-electron chi connectivity index (χ2n) is 5.24. The average Bonchev–Trinajstić information content (AvgIpc) is 2.49. The summed E-state index contributed by atoms with van der Waals surface area (Å²) in [6.45, 7) is 1.71. The van der Waals surface area contributed by atoms with Gasteiger partial charge in [-0.2, -0.15) is 12.7 Å². The molecule has 0 aromatic heterocycles. The van der Waals surface area contributed by atoms with E-state index in [2.05, 4.69) is 0 Å². The van der Waals surface area contributed by atoms with Crippen LogP contribution in [0.1, 0.15) is 36.9 Å². The van der Waals surface area contributed by atoms with E-state index in [0.717, 1.165) is 15.8 Å². The smallest absolute Gasteiger partial charge is 0.283 e. The topological polar surface area (TPSA) is 87.1 Å². The molecule has 2 unspecified atom stereocenters. The Kier molecular flexibility index (Phi) is 3.92. The number of hydroxylamine groups is 2. The van der Waals surface area contributed by atoms with Gasteiger partial charge in [0.1, 0.15) is 0 Å². The number of benzene rings is 2. The van der Waals surface area contributed by atoms with Gasteiger partial charge in [-0.05, 0) is 17.2 Å². The fourth-order valence-electron chi connectivity index (χ4n) is 2.74. The van der Waals surface area contributed by atoms with Crippen LogP contribution in [0, 0.1) is 0 Å². The lowest BCUT2D eigenvalue weighted by molar-refractivity contribution is -0.254. The fourth-order valence-corrected chi connectivity index (χ4v) is 3.74. The highest BCUT2D eigenvalue weighted by Gasteiger charge is 2.37. The van der Waals surface area contributed by atoms with Crippen LogP contribution in [0.25, 0.3) is 10.8 Å². The van der Waals surface area contributed by atoms with Crippen LogP contribution in [0.15, 0.2) is 36.4 Å². The summed E-state index contributed by atoms with van der Waals surface area (Å²) in [5.41, 5.74) is 1.01. The number of aliphatic hydroxyl groups is 2. The minimum absolute atomic E-state index is 0.186. The van der Waals surface area contributed by atoms with E-state index in [1.165, 1.54) is 0 Å². The van der Waals surface area contributed by atoms with Crippen LogP contribution in [-0.2, 0) is 14.4 Å². The predicted molar refractivity (Wildman–Crippen MR) is 80.9 cm³/mol. The molecular formula is C15H17NO5S. The minimum atomic E-state index is -3.86. The third-order valence-corrected chi connectivity index (χ3v) is 4.97. The zero-order chi connectivity index (χ0) is 15.9. The molecule has 2 aromatic rings. The molecule has 22 heavy (non-hydrogen) atoms. The normalized spacial score (nSPS) is 22.1. The molecule has 118 valence electrons. The molecule has 0 fully saturated rings. The summed E-state index contributed by atoms with van der Waals surface area (Å²) in [4.78, 5) is 0. The summed E-state index contributed by atoms with van der Waals surface area (Å²) in [5, 5.41) is 23.1. The first-order valence-electron chi connectivity index (χ1n) is 7.03. The van der Waals surface area contributed by atoms with E-state index in [1.807, 2.05) is 12.1 Å². The standard InChI is InChI=1S/C15H17NO5S/c1-2-9-22(19,20)21-16-14(17)11-7-3-5-10-6-4-8-12(13(10)11)15(16)18/h3-8,14-15,17-18H,2,9H2,1H3. The second kappa shape index (κ2) is 5.60. The van der Waals surface area contributed by atoms with Crippen molar-refractivity contribution in [3.05, 3.63) is 47.5 Å². The molecule has 0 amide bonds. The van der Waals surface area contributed by atoms with Gasteiger partial charge in [-0.3, -0.25) is 0 Å². The number of rotatable bonds is 4. The monoisotopic (exact) mass is 323 g/mol. The maximum atomic E-state index is 11.9. The Morgan fingerprint density at radius 3 is 2.14 bits per heavy atom. The number of aliphatic hydroxyl groups excluding tert-OH is 2. The number of hydrogen-bond donors (Lipinski definition) is 2. The molecule has 0 aliphatic carbocycles. The van der Waals surface area contributed by atoms with E-state index in [4.69, 9.17) is 4.28 Å². The van der Waals surface area contributed by atoms with Crippen LogP contribution in [0.2, 0.25) is 0 Å². The molecule has 2 N–H and O–H groups in total. The number of nitrogens with zero attached hydrogens (tertiary/aromatic N) is 1. The van der Waals surface area contributed by atoms with Gasteiger partial charge in [0.2, 0.25) is 0 Å². The first-order valence-corrected chi connectivity index (χ1v) is 8.60. The van der Waals surface area contributed by atoms with Crippen LogP contribution < -0.4 is 0 Å². The van der Waals surface area contributed by atoms with E-state index in [-0.39, 0.29) is 5.75 Å². The summed E-state index contributed by atoms with van der Waals surface area (Å²) < 4.78 is 28.7. The van der Waals surface area contributed by atoms with Gasteiger partial charge < -0.3 is 10.2 Å². The lowest BCUT2D eigenvalue weighted by atomic mass is 9.94. The molecular weight excluding hydrogens is 306 g/mol. The van der Waals surface area contributed by atoms with E-state index >= 15 is 0 Å². The largest absolute Gasteiger partial charge is 0.372 e. The molecule has 0 spiro atoms. The molecule has 3 rings (SSSR count). The molecule has 0 radical (unpaired) electrons. The first kappa shape index (κ1) is 15.4. The van der Waals surface area contributed by atoms with Crippen molar-refractivity contribution in [2.75, 3.05) is 5.75 Å². The summed E-state index contributed by atoms with van der Waals surface area (Å²) in [5.74, 6) is -0.186. The predicted octanol–water partition coefficient (Wildman–Crippen LogP) is 1.81. The Balaban J connectivity index is 2.08. The van der Waals surface area contributed by atoms with E-state index < -0.39 is 22.6 Å². The van der Waals surface area contributed by atoms with Crippen molar-refractivity contribution in [3.8, 4) is 0 Å². The van der Waals surface area contributed by atoms with Crippen molar-refractivity contribution in [2.24, 2.45) is 0 Å². The van der Waals surface area contributed by atoms with Gasteiger partial charge in [0, 0.05) is 11.1 Å². The zero-order valence-electron chi connectivity index (χ0n) is 12.0. The van der Waals surface area contributed by atoms with Crippen molar-refractivity contribution in [1.29, 1.82) is 0 Å². The molecule has 1 aliphatic rings. The van der Waals surface area contributed by atoms with Gasteiger partial charge in [-0.25, -0.2) is 0 Å². The van der Waals surface area contributed by atoms with Crippen molar-refractivity contribution < 1.29 is 22.9 Å². The SMILES string of the molecule is CCCS(=O)(=O)ON1C(O)c2cccc3cccc(c23)C1O. The molecule has 1 aliphatic heterocycles. The summed E-state index contributed by atoms with van der Waals surface area (Å²) in [6, 6.07) is 10.6. The molecule has 0 saturated carbocycles. The third kappa shape index (κ3) is 2.51. The Bertz CT molecular complexity index is 760. The van der Waals surface area contributed by atoms with Crippen LogP contribution >= 0.6 is 0 Å². The average molecular weight is 323 g/mol. The molecule has 2 atom stereocenters. The summed E-state index contributed by atoms with van der Waals surface area (Å²) in [7, 11) is -3.86.